The van der Waals surface area contributed by atoms with Gasteiger partial charge in [0.15, 0.2) is 5.65 Å². The van der Waals surface area contributed by atoms with Crippen molar-refractivity contribution in [3.8, 4) is 10.4 Å². The molecule has 0 spiro atoms. The number of nitrogens with one attached hydrogen (secondary N) is 2. The number of nitrogens with zero attached hydrogens (tertiary/aromatic N) is 4. The van der Waals surface area contributed by atoms with Gasteiger partial charge in [-0.25, -0.2) is 0 Å². The second-order valence-corrected chi connectivity index (χ2v) is 8.77. The lowest BCUT2D eigenvalue weighted by molar-refractivity contribution is 0.271. The number of anilines is 2. The lowest BCUT2D eigenvalue weighted by Crippen LogP contribution is -2.24. The van der Waals surface area contributed by atoms with Crippen LogP contribution in [0.3, 0.4) is 0 Å². The fraction of sp³-hybridized carbons (Fsp3) is 0.348. The molecule has 3 N–H and O–H groups in total. The normalized spacial score (nSPS) is 12.4. The Kier molecular flexibility index (Phi) is 6.48. The summed E-state index contributed by atoms with van der Waals surface area (Å²) in [5, 5.41) is 22.8. The molecule has 0 saturated heterocycles. The van der Waals surface area contributed by atoms with Crippen LogP contribution in [-0.2, 0) is 6.54 Å². The van der Waals surface area contributed by atoms with Crippen LogP contribution in [0.2, 0.25) is 0 Å². The number of aliphatic hydroxyl groups excluding tert-OH is 1. The van der Waals surface area contributed by atoms with Gasteiger partial charge in [-0.2, -0.15) is 19.6 Å². The predicted octanol–water partition coefficient (Wildman–Crippen LogP) is 4.77. The SMILES string of the molecule is CC[C@H](CO)Nc1nc(NCc2ccc(-c3cccs3)cc2)n2ncc(C(C)C)c2n1. The van der Waals surface area contributed by atoms with Crippen molar-refractivity contribution in [3.05, 3.63) is 59.1 Å². The summed E-state index contributed by atoms with van der Waals surface area (Å²) < 4.78 is 1.75. The molecule has 0 saturated carbocycles. The summed E-state index contributed by atoms with van der Waals surface area (Å²) in [6.45, 7) is 6.91. The van der Waals surface area contributed by atoms with Crippen molar-refractivity contribution in [2.75, 3.05) is 17.2 Å². The minimum absolute atomic E-state index is 0.0285. The van der Waals surface area contributed by atoms with E-state index in [0.717, 1.165) is 23.2 Å². The number of rotatable bonds is 9. The lowest BCUT2D eigenvalue weighted by atomic mass is 10.1. The molecule has 8 heteroatoms. The van der Waals surface area contributed by atoms with E-state index in [4.69, 9.17) is 0 Å². The van der Waals surface area contributed by atoms with E-state index in [1.807, 2.05) is 13.1 Å². The molecule has 4 rings (SSSR count). The second kappa shape index (κ2) is 9.45. The first-order valence-corrected chi connectivity index (χ1v) is 11.5. The highest BCUT2D eigenvalue weighted by molar-refractivity contribution is 7.13. The highest BCUT2D eigenvalue weighted by Crippen LogP contribution is 2.25. The maximum atomic E-state index is 9.57. The first kappa shape index (κ1) is 21.3. The fourth-order valence-electron chi connectivity index (χ4n) is 3.35. The maximum Gasteiger partial charge on any atom is 0.229 e. The van der Waals surface area contributed by atoms with E-state index in [1.54, 1.807) is 15.9 Å². The average molecular weight is 437 g/mol. The zero-order valence-corrected chi connectivity index (χ0v) is 18.9. The minimum atomic E-state index is -0.0921. The summed E-state index contributed by atoms with van der Waals surface area (Å²) in [4.78, 5) is 10.6. The number of fused-ring (bicyclic) bond motifs is 1. The molecule has 7 nitrogen and oxygen atoms in total. The van der Waals surface area contributed by atoms with Crippen molar-refractivity contribution in [3.63, 3.8) is 0 Å². The first-order valence-electron chi connectivity index (χ1n) is 10.6. The van der Waals surface area contributed by atoms with Gasteiger partial charge in [0, 0.05) is 17.0 Å². The van der Waals surface area contributed by atoms with Crippen LogP contribution in [0.15, 0.2) is 48.0 Å². The van der Waals surface area contributed by atoms with Crippen LogP contribution in [-0.4, -0.2) is 37.3 Å². The Bertz CT molecular complexity index is 1120. The fourth-order valence-corrected chi connectivity index (χ4v) is 4.08. The van der Waals surface area contributed by atoms with Crippen molar-refractivity contribution in [1.82, 2.24) is 19.6 Å². The molecule has 0 bridgehead atoms. The molecular weight excluding hydrogens is 408 g/mol. The number of benzene rings is 1. The van der Waals surface area contributed by atoms with Crippen molar-refractivity contribution >= 4 is 28.9 Å². The van der Waals surface area contributed by atoms with Crippen LogP contribution in [0.25, 0.3) is 16.1 Å². The van der Waals surface area contributed by atoms with Gasteiger partial charge in [0.25, 0.3) is 0 Å². The number of thiophene rings is 1. The molecule has 4 aromatic rings. The third-order valence-corrected chi connectivity index (χ3v) is 6.19. The van der Waals surface area contributed by atoms with Gasteiger partial charge in [0.05, 0.1) is 18.8 Å². The number of hydrogen-bond donors (Lipinski definition) is 3. The van der Waals surface area contributed by atoms with Crippen LogP contribution in [0.5, 0.6) is 0 Å². The Balaban J connectivity index is 1.59. The molecule has 31 heavy (non-hydrogen) atoms. The van der Waals surface area contributed by atoms with E-state index in [9.17, 15) is 5.11 Å². The number of aliphatic hydroxyl groups is 1. The summed E-state index contributed by atoms with van der Waals surface area (Å²) in [5.41, 5.74) is 4.21. The molecule has 0 amide bonds. The standard InChI is InChI=1S/C23H28N6OS/c1-4-18(14-30)26-22-27-21-19(15(2)3)13-25-29(21)23(28-22)24-12-16-7-9-17(10-8-16)20-6-5-11-31-20/h5-11,13,15,18,30H,4,12,14H2,1-3H3,(H2,24,26,27,28)/t18-/m1/s1. The van der Waals surface area contributed by atoms with Gasteiger partial charge >= 0.3 is 0 Å². The van der Waals surface area contributed by atoms with Crippen LogP contribution >= 0.6 is 11.3 Å². The Hall–Kier alpha value is -2.97. The van der Waals surface area contributed by atoms with Crippen molar-refractivity contribution in [2.24, 2.45) is 0 Å². The molecule has 1 atom stereocenters. The molecule has 1 aromatic carbocycles. The predicted molar refractivity (Wildman–Crippen MR) is 127 cm³/mol. The van der Waals surface area contributed by atoms with Crippen LogP contribution in [0, 0.1) is 0 Å². The summed E-state index contributed by atoms with van der Waals surface area (Å²) >= 11 is 1.74. The first-order chi connectivity index (χ1) is 15.1. The quantitative estimate of drug-likeness (QED) is 0.350. The number of hydrogen-bond acceptors (Lipinski definition) is 7. The van der Waals surface area contributed by atoms with Crippen LogP contribution in [0.4, 0.5) is 11.9 Å². The van der Waals surface area contributed by atoms with E-state index in [0.29, 0.717) is 18.4 Å². The topological polar surface area (TPSA) is 87.4 Å². The van der Waals surface area contributed by atoms with Gasteiger partial charge < -0.3 is 15.7 Å². The molecule has 0 aliphatic heterocycles. The van der Waals surface area contributed by atoms with Crippen molar-refractivity contribution in [1.29, 1.82) is 0 Å². The molecule has 0 aliphatic carbocycles. The molecule has 162 valence electrons. The van der Waals surface area contributed by atoms with Gasteiger partial charge in [0.1, 0.15) is 0 Å². The largest absolute Gasteiger partial charge is 0.394 e. The highest BCUT2D eigenvalue weighted by Gasteiger charge is 2.16. The Morgan fingerprint density at radius 1 is 1.13 bits per heavy atom. The van der Waals surface area contributed by atoms with E-state index < -0.39 is 0 Å². The summed E-state index contributed by atoms with van der Waals surface area (Å²) in [6, 6.07) is 12.6. The molecule has 0 unspecified atom stereocenters. The Morgan fingerprint density at radius 2 is 1.94 bits per heavy atom. The van der Waals surface area contributed by atoms with Gasteiger partial charge in [-0.1, -0.05) is 51.1 Å². The van der Waals surface area contributed by atoms with Gasteiger partial charge in [0.2, 0.25) is 11.9 Å². The lowest BCUT2D eigenvalue weighted by Gasteiger charge is -2.16. The zero-order valence-electron chi connectivity index (χ0n) is 18.0. The molecule has 0 aliphatic rings. The van der Waals surface area contributed by atoms with E-state index in [1.165, 1.54) is 10.4 Å². The van der Waals surface area contributed by atoms with Gasteiger partial charge in [-0.3, -0.25) is 0 Å². The maximum absolute atomic E-state index is 9.57. The van der Waals surface area contributed by atoms with Crippen molar-refractivity contribution < 1.29 is 5.11 Å². The van der Waals surface area contributed by atoms with Crippen LogP contribution in [0.1, 0.15) is 44.2 Å². The third kappa shape index (κ3) is 4.70. The highest BCUT2D eigenvalue weighted by atomic mass is 32.1. The number of aromatic nitrogens is 4. The molecule has 0 radical (unpaired) electrons. The molecule has 3 heterocycles. The smallest absolute Gasteiger partial charge is 0.229 e. The molecular formula is C23H28N6OS. The molecule has 0 fully saturated rings. The Labute approximate surface area is 186 Å². The summed E-state index contributed by atoms with van der Waals surface area (Å²) in [6.07, 6.45) is 2.63. The van der Waals surface area contributed by atoms with Gasteiger partial charge in [-0.05, 0) is 34.9 Å². The summed E-state index contributed by atoms with van der Waals surface area (Å²) in [5.74, 6) is 1.40. The van der Waals surface area contributed by atoms with Gasteiger partial charge in [-0.15, -0.1) is 11.3 Å². The minimum Gasteiger partial charge on any atom is -0.394 e. The Morgan fingerprint density at radius 3 is 2.58 bits per heavy atom. The third-order valence-electron chi connectivity index (χ3n) is 5.27. The molecule has 3 aromatic heterocycles. The zero-order chi connectivity index (χ0) is 21.8. The van der Waals surface area contributed by atoms with Crippen LogP contribution < -0.4 is 10.6 Å². The average Bonchev–Trinajstić information content (AvgIpc) is 3.46. The van der Waals surface area contributed by atoms with E-state index in [-0.39, 0.29) is 18.6 Å². The van der Waals surface area contributed by atoms with E-state index >= 15 is 0 Å². The summed E-state index contributed by atoms with van der Waals surface area (Å²) in [7, 11) is 0. The van der Waals surface area contributed by atoms with Crippen molar-refractivity contribution in [2.45, 2.75) is 45.7 Å². The monoisotopic (exact) mass is 436 g/mol. The second-order valence-electron chi connectivity index (χ2n) is 7.82. The van der Waals surface area contributed by atoms with E-state index in [2.05, 4.69) is 81.3 Å².